The van der Waals surface area contributed by atoms with E-state index in [2.05, 4.69) is 52.1 Å². The molecule has 6 unspecified atom stereocenters. The lowest BCUT2D eigenvalue weighted by atomic mass is 10.00. The van der Waals surface area contributed by atoms with Gasteiger partial charge in [-0.25, -0.2) is 4.79 Å². The van der Waals surface area contributed by atoms with Gasteiger partial charge < -0.3 is 34.3 Å². The zero-order chi connectivity index (χ0) is 37.1. The number of rotatable bonds is 25. The van der Waals surface area contributed by atoms with Crippen molar-refractivity contribution in [2.24, 2.45) is 0 Å². The second-order valence-corrected chi connectivity index (χ2v) is 17.7. The van der Waals surface area contributed by atoms with Crippen molar-refractivity contribution in [1.29, 1.82) is 0 Å². The fourth-order valence-corrected chi connectivity index (χ4v) is 8.62. The molecule has 0 spiro atoms. The number of aliphatic hydroxyl groups excluding tert-OH is 3. The van der Waals surface area contributed by atoms with Gasteiger partial charge in [0.05, 0.1) is 12.2 Å². The highest BCUT2D eigenvalue weighted by Gasteiger charge is 2.46. The van der Waals surface area contributed by atoms with Gasteiger partial charge in [0, 0.05) is 17.1 Å². The maximum atomic E-state index is 13.0. The molecule has 2 rings (SSSR count). The highest BCUT2D eigenvalue weighted by Crippen LogP contribution is 2.25. The first-order valence-electron chi connectivity index (χ1n) is 17.5. The van der Waals surface area contributed by atoms with Crippen LogP contribution >= 0.6 is 67.8 Å². The van der Waals surface area contributed by atoms with Crippen molar-refractivity contribution in [3.63, 3.8) is 0 Å². The van der Waals surface area contributed by atoms with Gasteiger partial charge in [-0.15, -0.1) is 0 Å². The van der Waals surface area contributed by atoms with Crippen molar-refractivity contribution in [3.05, 3.63) is 28.4 Å². The number of benzene rings is 1. The standard InChI is InChI=1S/C34H53I3O12S/c1-2-3-4-5-6-7-8-9-10-11-12-13-14-15-16-17-28(38)48-24(20-46-33(42)25-18-23(35)19-26(36)29(25)37)21-47-34-32(41)31(40)30(39)27(49-34)22-50(43,44)45/h18-19,24,27,30-32,34,39-41H,2-17,20-22H2,1H3,(H,43,44,45). The summed E-state index contributed by atoms with van der Waals surface area (Å²) in [5, 5.41) is 30.8. The number of unbranched alkanes of at least 4 members (excludes halogenated alkanes) is 14. The van der Waals surface area contributed by atoms with E-state index in [1.807, 2.05) is 28.7 Å². The average molecular weight is 1070 g/mol. The van der Waals surface area contributed by atoms with Gasteiger partial charge in [-0.3, -0.25) is 9.35 Å². The first-order chi connectivity index (χ1) is 23.7. The Morgan fingerprint density at radius 1 is 0.800 bits per heavy atom. The third-order valence-electron chi connectivity index (χ3n) is 8.39. The minimum absolute atomic E-state index is 0.138. The van der Waals surface area contributed by atoms with Crippen LogP contribution in [0.5, 0.6) is 0 Å². The maximum Gasteiger partial charge on any atom is 0.339 e. The lowest BCUT2D eigenvalue weighted by Gasteiger charge is -2.40. The van der Waals surface area contributed by atoms with Crippen LogP contribution in [0.15, 0.2) is 12.1 Å². The summed E-state index contributed by atoms with van der Waals surface area (Å²) in [6.45, 7) is 1.38. The summed E-state index contributed by atoms with van der Waals surface area (Å²) in [7, 11) is -4.61. The van der Waals surface area contributed by atoms with Gasteiger partial charge in [-0.2, -0.15) is 8.42 Å². The number of ether oxygens (including phenoxy) is 4. The predicted octanol–water partition coefficient (Wildman–Crippen LogP) is 6.54. The number of halogens is 3. The van der Waals surface area contributed by atoms with Crippen LogP contribution in [0.25, 0.3) is 0 Å². The van der Waals surface area contributed by atoms with Crippen molar-refractivity contribution < 1.29 is 56.8 Å². The molecule has 0 aliphatic carbocycles. The number of esters is 2. The molecule has 1 aromatic carbocycles. The van der Waals surface area contributed by atoms with Gasteiger partial charge in [0.25, 0.3) is 10.1 Å². The Kier molecular flexibility index (Phi) is 23.3. The molecule has 0 saturated carbocycles. The lowest BCUT2D eigenvalue weighted by molar-refractivity contribution is -0.297. The molecule has 6 atom stereocenters. The Balaban J connectivity index is 1.85. The minimum Gasteiger partial charge on any atom is -0.458 e. The topological polar surface area (TPSA) is 186 Å². The molecule has 4 N–H and O–H groups in total. The zero-order valence-electron chi connectivity index (χ0n) is 28.7. The van der Waals surface area contributed by atoms with E-state index >= 15 is 0 Å². The van der Waals surface area contributed by atoms with E-state index in [-0.39, 0.29) is 6.42 Å². The first-order valence-corrected chi connectivity index (χ1v) is 22.4. The van der Waals surface area contributed by atoms with E-state index in [1.54, 1.807) is 6.07 Å². The molecule has 1 heterocycles. The van der Waals surface area contributed by atoms with Crippen LogP contribution in [-0.4, -0.2) is 96.0 Å². The minimum atomic E-state index is -4.61. The summed E-state index contributed by atoms with van der Waals surface area (Å²) < 4.78 is 56.3. The summed E-state index contributed by atoms with van der Waals surface area (Å²) >= 11 is 6.25. The SMILES string of the molecule is CCCCCCCCCCCCCCCCCC(=O)OC(COC(=O)c1cc(I)cc(I)c1I)COC1OC(CS(=O)(=O)O)C(O)C(O)C1O. The molecule has 288 valence electrons. The van der Waals surface area contributed by atoms with Crippen LogP contribution in [-0.2, 0) is 33.9 Å². The number of hydrogen-bond donors (Lipinski definition) is 4. The maximum absolute atomic E-state index is 13.0. The van der Waals surface area contributed by atoms with Crippen molar-refractivity contribution in [1.82, 2.24) is 0 Å². The van der Waals surface area contributed by atoms with Crippen LogP contribution in [0.2, 0.25) is 0 Å². The highest BCUT2D eigenvalue weighted by molar-refractivity contribution is 14.1. The molecule has 0 bridgehead atoms. The molecule has 0 aromatic heterocycles. The lowest BCUT2D eigenvalue weighted by Crippen LogP contribution is -2.60. The monoisotopic (exact) mass is 1070 g/mol. The molecule has 1 aromatic rings. The van der Waals surface area contributed by atoms with Crippen LogP contribution < -0.4 is 0 Å². The molecular weight excluding hydrogens is 1010 g/mol. The number of carbonyl (C=O) groups excluding carboxylic acids is 2. The van der Waals surface area contributed by atoms with Crippen molar-refractivity contribution >= 4 is 89.8 Å². The molecule has 12 nitrogen and oxygen atoms in total. The van der Waals surface area contributed by atoms with Crippen LogP contribution in [0.3, 0.4) is 0 Å². The summed E-state index contributed by atoms with van der Waals surface area (Å²) in [6.07, 6.45) is 8.18. The molecule has 1 fully saturated rings. The first kappa shape index (κ1) is 46.2. The van der Waals surface area contributed by atoms with Gasteiger partial charge in [0.15, 0.2) is 12.4 Å². The van der Waals surface area contributed by atoms with Gasteiger partial charge in [0.2, 0.25) is 0 Å². The number of aliphatic hydroxyl groups is 3. The average Bonchev–Trinajstić information content (AvgIpc) is 3.05. The van der Waals surface area contributed by atoms with Gasteiger partial charge in [0.1, 0.15) is 36.8 Å². The fraction of sp³-hybridized carbons (Fsp3) is 0.765. The third kappa shape index (κ3) is 18.4. The van der Waals surface area contributed by atoms with E-state index in [9.17, 15) is 37.9 Å². The van der Waals surface area contributed by atoms with Crippen molar-refractivity contribution in [2.75, 3.05) is 19.0 Å². The number of hydrogen-bond acceptors (Lipinski definition) is 11. The predicted molar refractivity (Wildman–Crippen MR) is 213 cm³/mol. The second kappa shape index (κ2) is 25.2. The smallest absolute Gasteiger partial charge is 0.339 e. The number of carbonyl (C=O) groups is 2. The van der Waals surface area contributed by atoms with Crippen molar-refractivity contribution in [2.45, 2.75) is 146 Å². The third-order valence-corrected chi connectivity index (χ3v) is 12.8. The van der Waals surface area contributed by atoms with Gasteiger partial charge in [-0.1, -0.05) is 96.8 Å². The Morgan fingerprint density at radius 2 is 1.34 bits per heavy atom. The summed E-state index contributed by atoms with van der Waals surface area (Å²) in [5.41, 5.74) is 0.335. The molecule has 1 aliphatic rings. The van der Waals surface area contributed by atoms with Gasteiger partial charge in [-0.05, 0) is 86.3 Å². The van der Waals surface area contributed by atoms with E-state index in [4.69, 9.17) is 18.9 Å². The quantitative estimate of drug-likeness (QED) is 0.0273. The van der Waals surface area contributed by atoms with E-state index in [0.717, 1.165) is 26.4 Å². The summed E-state index contributed by atoms with van der Waals surface area (Å²) in [6, 6.07) is 3.58. The van der Waals surface area contributed by atoms with Gasteiger partial charge >= 0.3 is 11.9 Å². The van der Waals surface area contributed by atoms with Crippen LogP contribution in [0, 0.1) is 10.7 Å². The second-order valence-electron chi connectivity index (χ2n) is 12.8. The van der Waals surface area contributed by atoms with E-state index in [0.29, 0.717) is 15.6 Å². The van der Waals surface area contributed by atoms with Crippen LogP contribution in [0.1, 0.15) is 120 Å². The summed E-state index contributed by atoms with van der Waals surface area (Å²) in [4.78, 5) is 25.8. The Bertz CT molecular complexity index is 1270. The van der Waals surface area contributed by atoms with E-state index < -0.39 is 77.8 Å². The molecule has 1 saturated heterocycles. The fourth-order valence-electron chi connectivity index (χ4n) is 5.55. The molecular formula is C34H53I3O12S. The highest BCUT2D eigenvalue weighted by atomic mass is 127. The largest absolute Gasteiger partial charge is 0.458 e. The van der Waals surface area contributed by atoms with Crippen LogP contribution in [0.4, 0.5) is 0 Å². The van der Waals surface area contributed by atoms with E-state index in [1.165, 1.54) is 70.6 Å². The normalized spacial score (nSPS) is 21.6. The molecule has 0 amide bonds. The molecule has 1 aliphatic heterocycles. The molecule has 50 heavy (non-hydrogen) atoms. The Labute approximate surface area is 337 Å². The molecule has 0 radical (unpaired) electrons. The zero-order valence-corrected chi connectivity index (χ0v) is 35.9. The Hall–Kier alpha value is 0.0600. The molecule has 16 heteroatoms. The summed E-state index contributed by atoms with van der Waals surface area (Å²) in [5.74, 6) is -2.23. The van der Waals surface area contributed by atoms with Crippen molar-refractivity contribution in [3.8, 4) is 0 Å². The Morgan fingerprint density at radius 3 is 1.88 bits per heavy atom.